The van der Waals surface area contributed by atoms with Crippen LogP contribution in [0.25, 0.3) is 0 Å². The molecule has 7 aliphatic rings. The second-order valence-corrected chi connectivity index (χ2v) is 20.3. The first kappa shape index (κ1) is 66.6. The summed E-state index contributed by atoms with van der Waals surface area (Å²) in [5.41, 5.74) is 0. The van der Waals surface area contributed by atoms with Gasteiger partial charge in [-0.25, -0.2) is 0 Å². The van der Waals surface area contributed by atoms with Crippen LogP contribution < -0.4 is 5.32 Å². The normalized spacial score (nSPS) is 51.9. The highest BCUT2D eigenvalue weighted by Gasteiger charge is 2.59. The largest absolute Gasteiger partial charge is 0.394 e. The van der Waals surface area contributed by atoms with Crippen molar-refractivity contribution in [3.8, 4) is 0 Å². The molecule has 0 saturated carbocycles. The summed E-state index contributed by atoms with van der Waals surface area (Å²) in [5, 5.41) is 239. The monoisotopic (exact) mass is 1190 g/mol. The quantitative estimate of drug-likeness (QED) is 0.0538. The molecular formula is C44H75NO36. The standard InChI is InChI=1S/C44H75NO36/c1-9(52)45-17-24(59)33(15(7-51)70-38(17)68)77-42-32(67)35(23(58)16(76-42)8-69-39-31(66)34(22(57)14(6-50)71-39)78-40-29(64)25(60)18(53)10(2-46)72-40)79-43-37(28(63)21(56)12(4-48)74-43)81-44-36(27(62)20(55)13(5-49)75-44)80-41-30(65)26(61)19(54)11(3-47)73-41/h10-44,46-51,53-68H,2-8H2,1H3,(H,45,52)/t10-,11-,12-,13-,14-,15-,16-,17-,18-,19-,20-,21-,22-,23-,24-,25+,26+,27+,28+,29+,30+,31+,32+,33-,34+,35+,36+,37+,38?,39+,40-,41-,42+,43-,44-/m1/s1. The minimum Gasteiger partial charge on any atom is -0.394 e. The first-order valence-electron chi connectivity index (χ1n) is 25.6. The average molecular weight is 1190 g/mol. The van der Waals surface area contributed by atoms with E-state index in [0.29, 0.717) is 0 Å². The van der Waals surface area contributed by atoms with Gasteiger partial charge in [0.05, 0.1) is 46.2 Å². The van der Waals surface area contributed by atoms with Crippen molar-refractivity contribution in [3.05, 3.63) is 0 Å². The van der Waals surface area contributed by atoms with Crippen LogP contribution in [-0.4, -0.2) is 379 Å². The average Bonchev–Trinajstić information content (AvgIpc) is 3.56. The second-order valence-electron chi connectivity index (χ2n) is 20.3. The molecule has 7 fully saturated rings. The summed E-state index contributed by atoms with van der Waals surface area (Å²) in [5.74, 6) is -0.796. The fraction of sp³-hybridized carbons (Fsp3) is 0.977. The van der Waals surface area contributed by atoms with Crippen molar-refractivity contribution in [2.24, 2.45) is 0 Å². The van der Waals surface area contributed by atoms with Crippen LogP contribution in [0.5, 0.6) is 0 Å². The second kappa shape index (κ2) is 28.7. The lowest BCUT2D eigenvalue weighted by molar-refractivity contribution is -0.407. The summed E-state index contributed by atoms with van der Waals surface area (Å²) in [6.45, 7) is -6.06. The third kappa shape index (κ3) is 14.1. The number of hydrogen-bond donors (Lipinski definition) is 23. The molecule has 7 aliphatic heterocycles. The Kier molecular flexibility index (Phi) is 23.6. The summed E-state index contributed by atoms with van der Waals surface area (Å²) in [7, 11) is 0. The first-order chi connectivity index (χ1) is 38.3. The van der Waals surface area contributed by atoms with Gasteiger partial charge in [0, 0.05) is 6.92 Å². The molecule has 0 spiro atoms. The van der Waals surface area contributed by atoms with E-state index < -0.39 is 267 Å². The van der Waals surface area contributed by atoms with Crippen LogP contribution in [0.1, 0.15) is 6.92 Å². The zero-order valence-corrected chi connectivity index (χ0v) is 42.7. The summed E-state index contributed by atoms with van der Waals surface area (Å²) in [6, 6.07) is -1.68. The maximum Gasteiger partial charge on any atom is 0.217 e. The van der Waals surface area contributed by atoms with Gasteiger partial charge in [0.15, 0.2) is 44.0 Å². The van der Waals surface area contributed by atoms with Crippen LogP contribution in [-0.2, 0) is 66.4 Å². The SMILES string of the molecule is CC(=O)N[C@H]1C(O)O[C@H](CO)[C@@H](O[C@@H]2O[C@H](CO[C@H]3O[C@H](CO)[C@@H](O)[C@H](O[C@H]4O[C@H](CO)[C@@H](O)[C@H](O)[C@@H]4O)[C@@H]3O)[C@@H](O)[C@H](O[C@H]3O[C@H](CO)[C@@H](O)[C@H](O)[C@@H]3O[C@H]3O[C@H](CO)[C@@H](O)[C@H](O)[C@@H]3O[C@H]3O[C@H](CO)[C@@H](O)[C@H](O)[C@@H]3O)[C@@H]2O)[C@@H]1O. The zero-order chi connectivity index (χ0) is 59.6. The van der Waals surface area contributed by atoms with Crippen molar-refractivity contribution in [1.82, 2.24) is 5.32 Å². The lowest BCUT2D eigenvalue weighted by Crippen LogP contribution is -2.69. The molecule has 472 valence electrons. The molecule has 1 unspecified atom stereocenters. The minimum absolute atomic E-state index is 0.796. The zero-order valence-electron chi connectivity index (χ0n) is 42.7. The maximum atomic E-state index is 12.1. The van der Waals surface area contributed by atoms with Gasteiger partial charge in [0.25, 0.3) is 0 Å². The van der Waals surface area contributed by atoms with E-state index in [9.17, 15) is 117 Å². The fourth-order valence-corrected chi connectivity index (χ4v) is 10.3. The molecule has 7 saturated heterocycles. The van der Waals surface area contributed by atoms with E-state index in [1.54, 1.807) is 0 Å². The molecule has 0 aromatic rings. The Morgan fingerprint density at radius 3 is 1.09 bits per heavy atom. The predicted octanol–water partition coefficient (Wildman–Crippen LogP) is -16.1. The highest BCUT2D eigenvalue weighted by atomic mass is 16.8. The molecule has 35 atom stereocenters. The highest BCUT2D eigenvalue weighted by Crippen LogP contribution is 2.38. The number of ether oxygens (including phenoxy) is 13. The van der Waals surface area contributed by atoms with E-state index in [4.69, 9.17) is 61.6 Å². The van der Waals surface area contributed by atoms with E-state index in [1.165, 1.54) is 0 Å². The van der Waals surface area contributed by atoms with E-state index in [1.807, 2.05) is 0 Å². The van der Waals surface area contributed by atoms with Crippen molar-refractivity contribution < 1.29 is 179 Å². The number of nitrogens with one attached hydrogen (secondary N) is 1. The number of amides is 1. The van der Waals surface area contributed by atoms with Gasteiger partial charge in [-0.2, -0.15) is 0 Å². The minimum atomic E-state index is -2.39. The lowest BCUT2D eigenvalue weighted by atomic mass is 9.94. The van der Waals surface area contributed by atoms with Gasteiger partial charge in [0.2, 0.25) is 5.91 Å². The number of carbonyl (C=O) groups is 1. The molecule has 0 aromatic heterocycles. The van der Waals surface area contributed by atoms with Gasteiger partial charge in [-0.05, 0) is 0 Å². The fourth-order valence-electron chi connectivity index (χ4n) is 10.3. The molecular weight excluding hydrogens is 1120 g/mol. The molecule has 37 nitrogen and oxygen atoms in total. The van der Waals surface area contributed by atoms with Gasteiger partial charge >= 0.3 is 0 Å². The third-order valence-corrected chi connectivity index (χ3v) is 14.9. The summed E-state index contributed by atoms with van der Waals surface area (Å²) in [4.78, 5) is 12.1. The van der Waals surface area contributed by atoms with Gasteiger partial charge in [0.1, 0.15) is 171 Å². The number of rotatable bonds is 20. The molecule has 1 amide bonds. The number of carbonyl (C=O) groups excluding carboxylic acids is 1. The van der Waals surface area contributed by atoms with Gasteiger partial charge < -0.3 is 179 Å². The molecule has 37 heteroatoms. The summed E-state index contributed by atoms with van der Waals surface area (Å²) in [6.07, 6.45) is -68.8. The van der Waals surface area contributed by atoms with Crippen LogP contribution in [0.2, 0.25) is 0 Å². The van der Waals surface area contributed by atoms with E-state index in [-0.39, 0.29) is 0 Å². The van der Waals surface area contributed by atoms with Gasteiger partial charge in [-0.3, -0.25) is 4.79 Å². The Morgan fingerprint density at radius 1 is 0.321 bits per heavy atom. The first-order valence-corrected chi connectivity index (χ1v) is 25.6. The van der Waals surface area contributed by atoms with E-state index in [2.05, 4.69) is 5.32 Å². The van der Waals surface area contributed by atoms with Crippen LogP contribution in [0, 0.1) is 0 Å². The van der Waals surface area contributed by atoms with Crippen molar-refractivity contribution >= 4 is 5.91 Å². The molecule has 0 aliphatic carbocycles. The smallest absolute Gasteiger partial charge is 0.217 e. The summed E-state index contributed by atoms with van der Waals surface area (Å²) >= 11 is 0. The predicted molar refractivity (Wildman–Crippen MR) is 243 cm³/mol. The molecule has 7 heterocycles. The topological polar surface area (TPSA) is 594 Å². The third-order valence-electron chi connectivity index (χ3n) is 14.9. The van der Waals surface area contributed by atoms with Crippen molar-refractivity contribution in [2.45, 2.75) is 222 Å². The van der Waals surface area contributed by atoms with Crippen molar-refractivity contribution in [1.29, 1.82) is 0 Å². The van der Waals surface area contributed by atoms with Crippen LogP contribution in [0.4, 0.5) is 0 Å². The highest BCUT2D eigenvalue weighted by molar-refractivity contribution is 5.73. The van der Waals surface area contributed by atoms with Crippen LogP contribution in [0.3, 0.4) is 0 Å². The van der Waals surface area contributed by atoms with Gasteiger partial charge in [-0.1, -0.05) is 0 Å². The number of aliphatic hydroxyl groups is 22. The molecule has 23 N–H and O–H groups in total. The molecule has 81 heavy (non-hydrogen) atoms. The van der Waals surface area contributed by atoms with Crippen molar-refractivity contribution in [2.75, 3.05) is 46.2 Å². The Morgan fingerprint density at radius 2 is 0.642 bits per heavy atom. The van der Waals surface area contributed by atoms with Crippen LogP contribution in [0.15, 0.2) is 0 Å². The maximum absolute atomic E-state index is 12.1. The molecule has 0 bridgehead atoms. The van der Waals surface area contributed by atoms with Crippen molar-refractivity contribution in [3.63, 3.8) is 0 Å². The molecule has 0 radical (unpaired) electrons. The Balaban J connectivity index is 1.19. The lowest BCUT2D eigenvalue weighted by Gasteiger charge is -2.50. The van der Waals surface area contributed by atoms with E-state index in [0.717, 1.165) is 6.92 Å². The number of aliphatic hydroxyl groups excluding tert-OH is 22. The van der Waals surface area contributed by atoms with E-state index >= 15 is 0 Å². The molecule has 0 aromatic carbocycles. The Bertz CT molecular complexity index is 1940. The Labute approximate surface area is 457 Å². The van der Waals surface area contributed by atoms with Crippen LogP contribution >= 0.6 is 0 Å². The summed E-state index contributed by atoms with van der Waals surface area (Å²) < 4.78 is 74.2. The molecule has 7 rings (SSSR count). The number of hydrogen-bond acceptors (Lipinski definition) is 36. The van der Waals surface area contributed by atoms with Gasteiger partial charge in [-0.15, -0.1) is 0 Å². The Hall–Kier alpha value is -1.93.